The molecular formula is C17H17F3N2O. The summed E-state index contributed by atoms with van der Waals surface area (Å²) in [6.07, 6.45) is -3.22. The summed E-state index contributed by atoms with van der Waals surface area (Å²) in [6, 6.07) is 11.6. The fourth-order valence-electron chi connectivity index (χ4n) is 2.11. The van der Waals surface area contributed by atoms with Crippen molar-refractivity contribution in [1.29, 1.82) is 0 Å². The van der Waals surface area contributed by atoms with Gasteiger partial charge in [0.1, 0.15) is 5.82 Å². The van der Waals surface area contributed by atoms with E-state index >= 15 is 0 Å². The molecule has 1 N–H and O–H groups in total. The highest BCUT2D eigenvalue weighted by Gasteiger charge is 2.31. The first-order valence-corrected chi connectivity index (χ1v) is 7.07. The molecule has 1 heterocycles. The quantitative estimate of drug-likeness (QED) is 0.911. The summed E-state index contributed by atoms with van der Waals surface area (Å²) >= 11 is 0. The van der Waals surface area contributed by atoms with Gasteiger partial charge >= 0.3 is 6.18 Å². The van der Waals surface area contributed by atoms with Gasteiger partial charge in [0.05, 0.1) is 5.56 Å². The molecule has 6 heteroatoms. The van der Waals surface area contributed by atoms with E-state index < -0.39 is 17.2 Å². The molecule has 0 spiro atoms. The maximum atomic E-state index is 12.5. The second kappa shape index (κ2) is 6.40. The molecule has 122 valence electrons. The Balaban J connectivity index is 2.05. The van der Waals surface area contributed by atoms with Crippen LogP contribution in [0.1, 0.15) is 25.0 Å². The highest BCUT2D eigenvalue weighted by atomic mass is 19.4. The minimum absolute atomic E-state index is 0.101. The van der Waals surface area contributed by atoms with Crippen molar-refractivity contribution < 1.29 is 18.0 Å². The van der Waals surface area contributed by atoms with Crippen LogP contribution in [-0.2, 0) is 17.4 Å². The maximum Gasteiger partial charge on any atom is 0.417 e. The van der Waals surface area contributed by atoms with Gasteiger partial charge in [-0.1, -0.05) is 44.2 Å². The molecule has 0 saturated heterocycles. The lowest BCUT2D eigenvalue weighted by Gasteiger charge is -2.23. The number of carbonyl (C=O) groups excluding carboxylic acids is 1. The van der Waals surface area contributed by atoms with Gasteiger partial charge in [-0.3, -0.25) is 4.79 Å². The summed E-state index contributed by atoms with van der Waals surface area (Å²) in [5.41, 5.74) is -0.557. The number of nitrogens with one attached hydrogen (secondary N) is 1. The van der Waals surface area contributed by atoms with E-state index in [4.69, 9.17) is 0 Å². The molecule has 0 saturated carbocycles. The number of hydrogen-bond acceptors (Lipinski definition) is 2. The van der Waals surface area contributed by atoms with E-state index in [0.717, 1.165) is 17.7 Å². The van der Waals surface area contributed by atoms with Crippen LogP contribution < -0.4 is 5.32 Å². The lowest BCUT2D eigenvalue weighted by molar-refractivity contribution is -0.137. The Labute approximate surface area is 132 Å². The number of hydrogen-bond donors (Lipinski definition) is 1. The average Bonchev–Trinajstić information content (AvgIpc) is 2.47. The number of pyridine rings is 1. The van der Waals surface area contributed by atoms with E-state index in [1.165, 1.54) is 0 Å². The van der Waals surface area contributed by atoms with Crippen molar-refractivity contribution in [2.45, 2.75) is 26.4 Å². The summed E-state index contributed by atoms with van der Waals surface area (Å²) in [6.45, 7) is 3.55. The number of carbonyl (C=O) groups is 1. The fourth-order valence-corrected chi connectivity index (χ4v) is 2.11. The van der Waals surface area contributed by atoms with Gasteiger partial charge in [-0.25, -0.2) is 4.98 Å². The van der Waals surface area contributed by atoms with Gasteiger partial charge in [0, 0.05) is 11.6 Å². The number of alkyl halides is 3. The molecule has 3 nitrogen and oxygen atoms in total. The van der Waals surface area contributed by atoms with Gasteiger partial charge < -0.3 is 5.32 Å². The molecule has 0 aliphatic carbocycles. The van der Waals surface area contributed by atoms with Crippen molar-refractivity contribution in [3.05, 3.63) is 59.8 Å². The highest BCUT2D eigenvalue weighted by molar-refractivity contribution is 5.94. The normalized spacial score (nSPS) is 12.0. The van der Waals surface area contributed by atoms with Crippen LogP contribution in [0.2, 0.25) is 0 Å². The Hall–Kier alpha value is -2.37. The minimum atomic E-state index is -4.44. The number of nitrogens with zero attached hydrogens (tertiary/aromatic N) is 1. The molecule has 2 rings (SSSR count). The van der Waals surface area contributed by atoms with Gasteiger partial charge in [0.25, 0.3) is 0 Å². The standard InChI is InChI=1S/C17H17F3N2O/c1-16(2,10-12-6-4-3-5-7-12)15(23)22-14-9-8-13(11-21-14)17(18,19)20/h3-9,11H,10H2,1-2H3,(H,21,22,23). The van der Waals surface area contributed by atoms with Crippen LogP contribution in [0.3, 0.4) is 0 Å². The van der Waals surface area contributed by atoms with E-state index in [1.54, 1.807) is 13.8 Å². The van der Waals surface area contributed by atoms with E-state index in [0.29, 0.717) is 12.6 Å². The predicted octanol–water partition coefficient (Wildman–Crippen LogP) is 4.31. The third kappa shape index (κ3) is 4.55. The van der Waals surface area contributed by atoms with Crippen LogP contribution in [0.4, 0.5) is 19.0 Å². The molecule has 1 aromatic heterocycles. The first kappa shape index (κ1) is 17.0. The molecule has 0 aliphatic heterocycles. The van der Waals surface area contributed by atoms with Gasteiger partial charge in [0.15, 0.2) is 0 Å². The van der Waals surface area contributed by atoms with Crippen molar-refractivity contribution >= 4 is 11.7 Å². The summed E-state index contributed by atoms with van der Waals surface area (Å²) in [5, 5.41) is 2.56. The number of amides is 1. The first-order valence-electron chi connectivity index (χ1n) is 7.07. The average molecular weight is 322 g/mol. The van der Waals surface area contributed by atoms with Crippen molar-refractivity contribution in [3.63, 3.8) is 0 Å². The van der Waals surface area contributed by atoms with Crippen LogP contribution in [0.25, 0.3) is 0 Å². The number of aromatic nitrogens is 1. The van der Waals surface area contributed by atoms with E-state index in [-0.39, 0.29) is 11.7 Å². The zero-order valence-electron chi connectivity index (χ0n) is 12.8. The summed E-state index contributed by atoms with van der Waals surface area (Å²) in [4.78, 5) is 16.0. The van der Waals surface area contributed by atoms with Gasteiger partial charge in [-0.2, -0.15) is 13.2 Å². The van der Waals surface area contributed by atoms with Crippen LogP contribution in [-0.4, -0.2) is 10.9 Å². The zero-order chi connectivity index (χ0) is 17.1. The molecule has 0 unspecified atom stereocenters. The van der Waals surface area contributed by atoms with Gasteiger partial charge in [0.2, 0.25) is 5.91 Å². The molecular weight excluding hydrogens is 305 g/mol. The number of halogens is 3. The Morgan fingerprint density at radius 1 is 1.09 bits per heavy atom. The maximum absolute atomic E-state index is 12.5. The molecule has 23 heavy (non-hydrogen) atoms. The fraction of sp³-hybridized carbons (Fsp3) is 0.294. The van der Waals surface area contributed by atoms with E-state index in [9.17, 15) is 18.0 Å². The number of rotatable bonds is 4. The Bertz CT molecular complexity index is 664. The van der Waals surface area contributed by atoms with Crippen molar-refractivity contribution in [2.75, 3.05) is 5.32 Å². The second-order valence-electron chi connectivity index (χ2n) is 5.93. The molecule has 0 bridgehead atoms. The third-order valence-corrected chi connectivity index (χ3v) is 3.44. The second-order valence-corrected chi connectivity index (χ2v) is 5.93. The smallest absolute Gasteiger partial charge is 0.310 e. The topological polar surface area (TPSA) is 42.0 Å². The molecule has 0 aliphatic rings. The largest absolute Gasteiger partial charge is 0.417 e. The van der Waals surface area contributed by atoms with E-state index in [2.05, 4.69) is 10.3 Å². The Morgan fingerprint density at radius 3 is 2.26 bits per heavy atom. The minimum Gasteiger partial charge on any atom is -0.310 e. The van der Waals surface area contributed by atoms with Crippen LogP contribution in [0.5, 0.6) is 0 Å². The van der Waals surface area contributed by atoms with Crippen molar-refractivity contribution in [3.8, 4) is 0 Å². The monoisotopic (exact) mass is 322 g/mol. The number of benzene rings is 1. The van der Waals surface area contributed by atoms with Crippen LogP contribution >= 0.6 is 0 Å². The Morgan fingerprint density at radius 2 is 1.74 bits per heavy atom. The zero-order valence-corrected chi connectivity index (χ0v) is 12.8. The van der Waals surface area contributed by atoms with Crippen LogP contribution in [0, 0.1) is 5.41 Å². The SMILES string of the molecule is CC(C)(Cc1ccccc1)C(=O)Nc1ccc(C(F)(F)F)cn1. The number of anilines is 1. The molecule has 0 radical (unpaired) electrons. The highest BCUT2D eigenvalue weighted by Crippen LogP contribution is 2.29. The van der Waals surface area contributed by atoms with Gasteiger partial charge in [-0.05, 0) is 24.1 Å². The predicted molar refractivity (Wildman–Crippen MR) is 81.8 cm³/mol. The van der Waals surface area contributed by atoms with Gasteiger partial charge in [-0.15, -0.1) is 0 Å². The van der Waals surface area contributed by atoms with Crippen molar-refractivity contribution in [1.82, 2.24) is 4.98 Å². The molecule has 1 aromatic carbocycles. The molecule has 1 amide bonds. The summed E-state index contributed by atoms with van der Waals surface area (Å²) in [5.74, 6) is -0.197. The summed E-state index contributed by atoms with van der Waals surface area (Å²) in [7, 11) is 0. The first-order chi connectivity index (χ1) is 10.7. The Kier molecular flexibility index (Phi) is 4.73. The van der Waals surface area contributed by atoms with E-state index in [1.807, 2.05) is 30.3 Å². The molecule has 0 atom stereocenters. The molecule has 0 fully saturated rings. The summed E-state index contributed by atoms with van der Waals surface area (Å²) < 4.78 is 37.5. The van der Waals surface area contributed by atoms with Crippen molar-refractivity contribution in [2.24, 2.45) is 5.41 Å². The lowest BCUT2D eigenvalue weighted by atomic mass is 9.85. The third-order valence-electron chi connectivity index (χ3n) is 3.44. The molecule has 2 aromatic rings. The lowest BCUT2D eigenvalue weighted by Crippen LogP contribution is -2.33. The van der Waals surface area contributed by atoms with Crippen LogP contribution in [0.15, 0.2) is 48.7 Å².